The largest absolute Gasteiger partial charge is 0.411 e. The lowest BCUT2D eigenvalue weighted by molar-refractivity contribution is -0.0446. The number of sulfonamides is 1. The van der Waals surface area contributed by atoms with Gasteiger partial charge in [0.1, 0.15) is 15.7 Å². The summed E-state index contributed by atoms with van der Waals surface area (Å²) in [6, 6.07) is 8.16. The molecule has 38 heavy (non-hydrogen) atoms. The lowest BCUT2D eigenvalue weighted by Gasteiger charge is -2.43. The van der Waals surface area contributed by atoms with Crippen LogP contribution in [-0.2, 0) is 24.3 Å². The topological polar surface area (TPSA) is 138 Å². The quantitative estimate of drug-likeness (QED) is 0.454. The number of hydrogen-bond acceptors (Lipinski definition) is 8. The van der Waals surface area contributed by atoms with Crippen LogP contribution in [0, 0.1) is 11.3 Å². The normalized spacial score (nSPS) is 22.3. The van der Waals surface area contributed by atoms with Crippen molar-refractivity contribution >= 4 is 51.4 Å². The maximum Gasteiger partial charge on any atom is 0.244 e. The van der Waals surface area contributed by atoms with E-state index >= 15 is 0 Å². The molecule has 2 heterocycles. The number of β-amino-alcohol motifs (C(OH)–C–C–N with tert-alkyl or cyclic N) is 1. The second-order valence-corrected chi connectivity index (χ2v) is 20.5. The fourth-order valence-corrected chi connectivity index (χ4v) is 9.64. The van der Waals surface area contributed by atoms with Crippen molar-refractivity contribution in [1.29, 1.82) is 5.26 Å². The molecule has 0 bridgehead atoms. The third-order valence-corrected chi connectivity index (χ3v) is 16.6. The van der Waals surface area contributed by atoms with Gasteiger partial charge >= 0.3 is 0 Å². The Hall–Kier alpha value is -1.56. The van der Waals surface area contributed by atoms with Gasteiger partial charge in [0.25, 0.3) is 0 Å². The minimum absolute atomic E-state index is 0.164. The molecule has 0 radical (unpaired) electrons. The van der Waals surface area contributed by atoms with E-state index in [-0.39, 0.29) is 30.6 Å². The molecule has 1 aliphatic heterocycles. The highest BCUT2D eigenvalue weighted by molar-refractivity contribution is 7.92. The van der Waals surface area contributed by atoms with Gasteiger partial charge in [0, 0.05) is 19.3 Å². The summed E-state index contributed by atoms with van der Waals surface area (Å²) >= 11 is 12.1. The Labute approximate surface area is 235 Å². The summed E-state index contributed by atoms with van der Waals surface area (Å²) in [7, 11) is -11.3. The van der Waals surface area contributed by atoms with Crippen molar-refractivity contribution in [2.45, 2.75) is 72.7 Å². The van der Waals surface area contributed by atoms with Gasteiger partial charge in [-0.1, -0.05) is 44.0 Å². The van der Waals surface area contributed by atoms with Crippen molar-refractivity contribution in [3.05, 3.63) is 52.1 Å². The van der Waals surface area contributed by atoms with Gasteiger partial charge in [0.2, 0.25) is 19.9 Å². The van der Waals surface area contributed by atoms with E-state index in [1.165, 1.54) is 36.5 Å². The van der Waals surface area contributed by atoms with Gasteiger partial charge in [0.15, 0.2) is 13.3 Å². The molecule has 2 aromatic rings. The van der Waals surface area contributed by atoms with Crippen LogP contribution in [0.4, 0.5) is 0 Å². The van der Waals surface area contributed by atoms with Crippen LogP contribution in [0.2, 0.25) is 28.2 Å². The van der Waals surface area contributed by atoms with Crippen LogP contribution in [-0.4, -0.2) is 69.6 Å². The monoisotopic (exact) mass is 619 g/mol. The summed E-state index contributed by atoms with van der Waals surface area (Å²) in [5.41, 5.74) is -1.96. The van der Waals surface area contributed by atoms with Gasteiger partial charge in [-0.15, -0.1) is 0 Å². The van der Waals surface area contributed by atoms with E-state index in [0.717, 1.165) is 4.31 Å². The van der Waals surface area contributed by atoms with E-state index in [1.807, 2.05) is 39.9 Å². The van der Waals surface area contributed by atoms with Crippen LogP contribution in [0.1, 0.15) is 33.3 Å². The van der Waals surface area contributed by atoms with Gasteiger partial charge in [0.05, 0.1) is 27.8 Å². The van der Waals surface area contributed by atoms with Crippen molar-refractivity contribution < 1.29 is 26.4 Å². The second-order valence-electron chi connectivity index (χ2n) is 10.9. The number of halogens is 2. The molecule has 9 nitrogen and oxygen atoms in total. The molecule has 1 aromatic carbocycles. The lowest BCUT2D eigenvalue weighted by Crippen LogP contribution is -2.58. The Morgan fingerprint density at radius 3 is 2.34 bits per heavy atom. The number of sulfone groups is 1. The molecular weight excluding hydrogens is 589 g/mol. The van der Waals surface area contributed by atoms with E-state index in [4.69, 9.17) is 32.9 Å². The summed E-state index contributed by atoms with van der Waals surface area (Å²) in [4.78, 5) is 3.62. The predicted molar refractivity (Wildman–Crippen MR) is 148 cm³/mol. The first-order chi connectivity index (χ1) is 17.3. The Morgan fingerprint density at radius 1 is 1.21 bits per heavy atom. The molecule has 0 amide bonds. The number of rotatable bonds is 7. The van der Waals surface area contributed by atoms with Gasteiger partial charge < -0.3 is 9.53 Å². The van der Waals surface area contributed by atoms with Crippen LogP contribution in [0.3, 0.4) is 0 Å². The van der Waals surface area contributed by atoms with Crippen LogP contribution < -0.4 is 0 Å². The zero-order valence-corrected chi connectivity index (χ0v) is 26.1. The van der Waals surface area contributed by atoms with E-state index in [1.54, 1.807) is 6.92 Å². The van der Waals surface area contributed by atoms with Crippen molar-refractivity contribution in [3.8, 4) is 6.07 Å². The highest BCUT2D eigenvalue weighted by Crippen LogP contribution is 2.43. The molecule has 3 atom stereocenters. The van der Waals surface area contributed by atoms with E-state index in [0.29, 0.717) is 0 Å². The molecule has 0 saturated carbocycles. The zero-order chi connectivity index (χ0) is 28.9. The molecule has 0 unspecified atom stereocenters. The lowest BCUT2D eigenvalue weighted by atomic mass is 9.97. The van der Waals surface area contributed by atoms with E-state index < -0.39 is 58.2 Å². The fraction of sp³-hybridized carbons (Fsp3) is 0.500. The van der Waals surface area contributed by atoms with Gasteiger partial charge in [-0.05, 0) is 55.4 Å². The molecule has 0 aliphatic carbocycles. The number of pyridine rings is 1. The van der Waals surface area contributed by atoms with Crippen molar-refractivity contribution in [3.63, 3.8) is 0 Å². The fourth-order valence-electron chi connectivity index (χ4n) is 4.05. The first-order valence-corrected chi connectivity index (χ1v) is 18.4. The third-order valence-electron chi connectivity index (χ3n) is 7.38. The Kier molecular flexibility index (Phi) is 8.51. The maximum atomic E-state index is 13.8. The van der Waals surface area contributed by atoms with Crippen LogP contribution in [0.25, 0.3) is 0 Å². The standard InChI is InChI=1S/C24H31Cl2N3O6S2Si/c1-16(35-38(5,6)23(2,3)4)24(30)15-29(37(33,34)20-9-7-17(12-27)11-19(20)26)14-21(24)36(31,32)22-10-8-18(25)13-28-22/h7-11,13,16,21,30H,14-15H2,1-6H3/t16-,21+,24-/m1/s1. The molecule has 1 saturated heterocycles. The number of nitrogens with zero attached hydrogens (tertiary/aromatic N) is 3. The Bertz CT molecular complexity index is 1470. The van der Waals surface area contributed by atoms with Gasteiger partial charge in [-0.25, -0.2) is 21.8 Å². The smallest absolute Gasteiger partial charge is 0.244 e. The summed E-state index contributed by atoms with van der Waals surface area (Å²) in [6.07, 6.45) is 0.121. The first kappa shape index (κ1) is 31.0. The number of aliphatic hydroxyl groups is 1. The molecule has 1 aromatic heterocycles. The number of aromatic nitrogens is 1. The summed E-state index contributed by atoms with van der Waals surface area (Å²) in [5, 5.41) is 18.9. The van der Waals surface area contributed by atoms with Crippen LogP contribution >= 0.6 is 23.2 Å². The van der Waals surface area contributed by atoms with Gasteiger partial charge in [-0.3, -0.25) is 0 Å². The molecule has 0 spiro atoms. The van der Waals surface area contributed by atoms with Crippen molar-refractivity contribution in [2.24, 2.45) is 0 Å². The Balaban J connectivity index is 2.13. The molecule has 3 rings (SSSR count). The summed E-state index contributed by atoms with van der Waals surface area (Å²) < 4.78 is 62.2. The SMILES string of the molecule is C[C@@H](O[Si](C)(C)C(C)(C)C)[C@]1(O)CN(S(=O)(=O)c2ccc(C#N)cc2Cl)C[C@@H]1S(=O)(=O)c1ccc(Cl)cn1. The number of nitriles is 1. The molecule has 1 aliphatic rings. The predicted octanol–water partition coefficient (Wildman–Crippen LogP) is 4.25. The molecule has 14 heteroatoms. The zero-order valence-electron chi connectivity index (χ0n) is 21.9. The molecular formula is C24H31Cl2N3O6S2Si. The highest BCUT2D eigenvalue weighted by atomic mass is 35.5. The molecule has 208 valence electrons. The first-order valence-electron chi connectivity index (χ1n) is 11.7. The molecule has 1 N–H and O–H groups in total. The van der Waals surface area contributed by atoms with Crippen molar-refractivity contribution in [1.82, 2.24) is 9.29 Å². The number of hydrogen-bond donors (Lipinski definition) is 1. The minimum Gasteiger partial charge on any atom is -0.411 e. The third kappa shape index (κ3) is 5.67. The Morgan fingerprint density at radius 2 is 1.84 bits per heavy atom. The highest BCUT2D eigenvalue weighted by Gasteiger charge is 2.59. The maximum absolute atomic E-state index is 13.8. The molecule has 1 fully saturated rings. The second kappa shape index (κ2) is 10.4. The summed E-state index contributed by atoms with van der Waals surface area (Å²) in [6.45, 7) is 10.4. The van der Waals surface area contributed by atoms with Crippen LogP contribution in [0.15, 0.2) is 46.5 Å². The van der Waals surface area contributed by atoms with Gasteiger partial charge in [-0.2, -0.15) is 9.57 Å². The van der Waals surface area contributed by atoms with E-state index in [9.17, 15) is 21.9 Å². The average Bonchev–Trinajstić information content (AvgIpc) is 3.18. The van der Waals surface area contributed by atoms with E-state index in [2.05, 4.69) is 4.98 Å². The van der Waals surface area contributed by atoms with Crippen molar-refractivity contribution in [2.75, 3.05) is 13.1 Å². The average molecular weight is 621 g/mol. The van der Waals surface area contributed by atoms with Crippen LogP contribution in [0.5, 0.6) is 0 Å². The number of benzene rings is 1. The summed E-state index contributed by atoms with van der Waals surface area (Å²) in [5.74, 6) is 0. The minimum atomic E-state index is -4.37.